The van der Waals surface area contributed by atoms with E-state index in [1.807, 2.05) is 91.0 Å². The monoisotopic (exact) mass is 1270 g/mol. The van der Waals surface area contributed by atoms with Gasteiger partial charge in [-0.15, -0.1) is 0 Å². The zero-order valence-electron chi connectivity index (χ0n) is 57.7. The maximum atomic E-state index is 11.3. The second-order valence-corrected chi connectivity index (χ2v) is 36.4. The van der Waals surface area contributed by atoms with Crippen molar-refractivity contribution >= 4 is 74.9 Å². The van der Waals surface area contributed by atoms with Crippen molar-refractivity contribution in [2.45, 2.75) is 182 Å². The number of nitriles is 5. The van der Waals surface area contributed by atoms with Crippen LogP contribution in [0.1, 0.15) is 229 Å². The Kier molecular flexibility index (Phi) is 27.7. The highest BCUT2D eigenvalue weighted by atomic mass is 28.4. The molecular weight excluding hydrogens is 1180 g/mol. The first-order valence-electron chi connectivity index (χ1n) is 33.0. The number of hydrogen-bond acceptors (Lipinski definition) is 7. The molecule has 0 saturated heterocycles. The van der Waals surface area contributed by atoms with Crippen molar-refractivity contribution < 1.29 is 8.85 Å². The van der Waals surface area contributed by atoms with E-state index in [1.165, 1.54) is 0 Å². The van der Waals surface area contributed by atoms with Crippen LogP contribution in [-0.2, 0) is 8.85 Å². The summed E-state index contributed by atoms with van der Waals surface area (Å²) in [5.74, 6) is 33.6. The minimum Gasteiger partial charge on any atom is -0.417 e. The first kappa shape index (κ1) is 73.5. The zero-order chi connectivity index (χ0) is 68.3. The lowest BCUT2D eigenvalue weighted by atomic mass is 9.93. The van der Waals surface area contributed by atoms with E-state index in [1.54, 1.807) is 30.4 Å². The summed E-state index contributed by atoms with van der Waals surface area (Å²) in [6.07, 6.45) is 19.5. The second-order valence-electron chi connectivity index (χ2n) is 26.8. The fraction of sp³-hybridized carbons (Fsp3) is 0.353. The van der Waals surface area contributed by atoms with Gasteiger partial charge < -0.3 is 8.85 Å². The zero-order valence-corrected chi connectivity index (χ0v) is 59.7. The molecule has 10 bridgehead atoms. The minimum atomic E-state index is -1.96. The summed E-state index contributed by atoms with van der Waals surface area (Å²) in [7, 11) is -3.91. The third-order valence-electron chi connectivity index (χ3n) is 17.0. The maximum Gasteiger partial charge on any atom is 0.191 e. The molecule has 0 aromatic heterocycles. The molecule has 0 atom stereocenters. The van der Waals surface area contributed by atoms with E-state index in [2.05, 4.69) is 178 Å². The van der Waals surface area contributed by atoms with E-state index >= 15 is 0 Å². The van der Waals surface area contributed by atoms with Crippen LogP contribution in [0.25, 0.3) is 58.2 Å². The molecule has 474 valence electrons. The quantitative estimate of drug-likeness (QED) is 0.0613. The number of rotatable bonds is 14. The summed E-state index contributed by atoms with van der Waals surface area (Å²) < 4.78 is 13.0. The molecule has 0 heterocycles. The summed E-state index contributed by atoms with van der Waals surface area (Å²) in [5.41, 5.74) is 11.1. The Hall–Kier alpha value is -9.60. The molecule has 9 heteroatoms. The number of nitrogens with zero attached hydrogens (tertiary/aromatic N) is 5. The summed E-state index contributed by atoms with van der Waals surface area (Å²) in [6.45, 7) is 29.9. The molecule has 0 fully saturated rings. The van der Waals surface area contributed by atoms with Crippen molar-refractivity contribution in [2.24, 2.45) is 0 Å². The van der Waals surface area contributed by atoms with Gasteiger partial charge in [0.25, 0.3) is 0 Å². The van der Waals surface area contributed by atoms with Gasteiger partial charge in [0.2, 0.25) is 0 Å². The number of fused-ring (bicyclic) bond motifs is 10. The average molecular weight is 1270 g/mol. The Labute approximate surface area is 565 Å². The van der Waals surface area contributed by atoms with Gasteiger partial charge in [-0.2, -0.15) is 26.3 Å². The minimum absolute atomic E-state index is 0.0809. The Balaban J connectivity index is 1.70. The lowest BCUT2D eigenvalue weighted by molar-refractivity contribution is 0.284. The molecule has 6 rings (SSSR count). The average Bonchev–Trinajstić information content (AvgIpc) is 0.958. The number of benzene rings is 5. The van der Waals surface area contributed by atoms with Crippen LogP contribution >= 0.6 is 0 Å². The number of allylic oxidation sites excluding steroid dienone is 5. The van der Waals surface area contributed by atoms with Crippen LogP contribution in [0.4, 0.5) is 0 Å². The highest BCUT2D eigenvalue weighted by Crippen LogP contribution is 2.38. The summed E-state index contributed by atoms with van der Waals surface area (Å²) in [5, 5.41) is 56.0. The molecule has 5 aromatic rings. The molecule has 5 aromatic carbocycles. The van der Waals surface area contributed by atoms with Gasteiger partial charge in [-0.05, 0) is 245 Å². The van der Waals surface area contributed by atoms with Crippen molar-refractivity contribution in [1.29, 1.82) is 26.3 Å². The topological polar surface area (TPSA) is 137 Å². The van der Waals surface area contributed by atoms with E-state index in [0.717, 1.165) is 51.4 Å². The Morgan fingerprint density at radius 1 is 0.309 bits per heavy atom. The Morgan fingerprint density at radius 3 is 0.691 bits per heavy atom. The van der Waals surface area contributed by atoms with Crippen molar-refractivity contribution in [3.63, 3.8) is 0 Å². The maximum absolute atomic E-state index is 11.3. The van der Waals surface area contributed by atoms with E-state index in [0.29, 0.717) is 157 Å². The molecule has 0 radical (unpaired) electrons. The molecule has 7 nitrogen and oxygen atoms in total. The van der Waals surface area contributed by atoms with E-state index < -0.39 is 16.6 Å². The summed E-state index contributed by atoms with van der Waals surface area (Å²) in [4.78, 5) is 0. The molecule has 0 spiro atoms. The first-order valence-corrected chi connectivity index (χ1v) is 38.9. The van der Waals surface area contributed by atoms with Crippen LogP contribution < -0.4 is 0 Å². The van der Waals surface area contributed by atoms with Gasteiger partial charge in [0, 0.05) is 73.1 Å². The van der Waals surface area contributed by atoms with Crippen LogP contribution in [0, 0.1) is 116 Å². The molecule has 0 amide bonds. The van der Waals surface area contributed by atoms with E-state index in [9.17, 15) is 26.3 Å². The van der Waals surface area contributed by atoms with Gasteiger partial charge in [0.1, 0.15) is 0 Å². The molecule has 1 aliphatic rings. The lowest BCUT2D eigenvalue weighted by Crippen LogP contribution is -2.40. The van der Waals surface area contributed by atoms with Gasteiger partial charge in [0.15, 0.2) is 16.6 Å². The molecule has 0 saturated carbocycles. The normalized spacial score (nSPS) is 14.4. The predicted molar refractivity (Wildman–Crippen MR) is 397 cm³/mol. The first-order chi connectivity index (χ1) is 44.9. The third kappa shape index (κ3) is 22.3. The highest BCUT2D eigenvalue weighted by Gasteiger charge is 2.37. The van der Waals surface area contributed by atoms with E-state index in [4.69, 9.17) is 8.85 Å². The van der Waals surface area contributed by atoms with Crippen LogP contribution in [-0.4, -0.2) is 29.8 Å². The largest absolute Gasteiger partial charge is 0.417 e. The third-order valence-corrected chi connectivity index (χ3v) is 26.1. The van der Waals surface area contributed by atoms with Gasteiger partial charge in [-0.3, -0.25) is 0 Å². The Morgan fingerprint density at radius 2 is 0.511 bits per heavy atom. The molecular formula is C85H89N5O2Si2. The predicted octanol–water partition coefficient (Wildman–Crippen LogP) is 21.3. The smallest absolute Gasteiger partial charge is 0.191 e. The van der Waals surface area contributed by atoms with Crippen molar-refractivity contribution in [2.75, 3.05) is 13.2 Å². The van der Waals surface area contributed by atoms with Crippen LogP contribution in [0.5, 0.6) is 0 Å². The van der Waals surface area contributed by atoms with Gasteiger partial charge in [-0.25, -0.2) is 0 Å². The molecule has 0 unspecified atom stereocenters. The van der Waals surface area contributed by atoms with Crippen LogP contribution in [0.15, 0.2) is 91.0 Å². The second kappa shape index (κ2) is 35.4. The summed E-state index contributed by atoms with van der Waals surface area (Å²) >= 11 is 0. The van der Waals surface area contributed by atoms with E-state index in [-0.39, 0.29) is 10.1 Å². The molecule has 94 heavy (non-hydrogen) atoms. The molecule has 0 N–H and O–H groups in total. The fourth-order valence-electron chi connectivity index (χ4n) is 9.57. The van der Waals surface area contributed by atoms with Gasteiger partial charge >= 0.3 is 0 Å². The SMILES string of the molecule is CCCCC#Cc1cc2cc(c1)C(C#N)=Cc1cc(C#CCCCC)cc(c1)/C(C#N)=C/c1cc(C#CCCCO[Si](C)(C)C(C)(C)C)cc(c1)/C(C#N)=C/c1cc(C#CCCCO[Si](C)(C)C(C)(C)C)cc(c1)/C(C#N)=C/c1cc(C#CCCCC)cc(c1)/C(C#N)=C/2. The Bertz CT molecular complexity index is 4260. The standard InChI is InChI=1S/C85H89N5O2Si2/c1-14-17-20-25-32-64-39-69-49-74(44-64)79(59-86)55-70-40-65(33-26-21-18-15-2)46-76(50-70)81(61-88)57-72-42-67(35-28-23-30-37-91-93(10,11)84(4,5)6)48-78(52-72)83(63-90)58-73-43-68(36-29-24-31-38-92-94(12,13)85(7,8)9)47-77(53-73)82(62-89)56-71-41-66(34-27-22-19-16-3)45-75(51-71)80(54-69)60-87/h39-58H,14-24,30-31,37-38H2,1-13H3/b79-55?,80-54+,81-57+,82-56+,83-58+. The van der Waals surface area contributed by atoms with Crippen molar-refractivity contribution in [3.8, 4) is 89.6 Å². The lowest BCUT2D eigenvalue weighted by Gasteiger charge is -2.36. The van der Waals surface area contributed by atoms with Crippen molar-refractivity contribution in [3.05, 3.63) is 174 Å². The van der Waals surface area contributed by atoms with Crippen molar-refractivity contribution in [1.82, 2.24) is 0 Å². The molecule has 0 aliphatic heterocycles. The molecule has 1 aliphatic carbocycles. The number of unbranched alkanes of at least 4 members (excludes halogenated alkanes) is 8. The number of hydrogen-bond donors (Lipinski definition) is 0. The fourth-order valence-corrected chi connectivity index (χ4v) is 11.7. The highest BCUT2D eigenvalue weighted by molar-refractivity contribution is 6.74. The van der Waals surface area contributed by atoms with Crippen LogP contribution in [0.2, 0.25) is 36.3 Å². The van der Waals surface area contributed by atoms with Gasteiger partial charge in [-0.1, -0.05) is 141 Å². The summed E-state index contributed by atoms with van der Waals surface area (Å²) in [6, 6.07) is 41.0. The van der Waals surface area contributed by atoms with Gasteiger partial charge in [0.05, 0.1) is 58.2 Å². The van der Waals surface area contributed by atoms with Crippen LogP contribution in [0.3, 0.4) is 0 Å².